The average Bonchev–Trinajstić information content (AvgIpc) is 2.78. The lowest BCUT2D eigenvalue weighted by Gasteiger charge is -2.14. The maximum Gasteiger partial charge on any atom is 0.125 e. The second-order valence-electron chi connectivity index (χ2n) is 3.94. The lowest BCUT2D eigenvalue weighted by Crippen LogP contribution is -2.16. The molecular formula is C14H17NOS. The zero-order chi connectivity index (χ0) is 12.3. The Balaban J connectivity index is 2.28. The molecule has 1 heterocycles. The minimum Gasteiger partial charge on any atom is -0.464 e. The van der Waals surface area contributed by atoms with Gasteiger partial charge < -0.3 is 9.73 Å². The molecule has 1 N–H and O–H groups in total. The molecule has 1 aromatic heterocycles. The first-order valence-corrected chi connectivity index (χ1v) is 6.84. The minimum atomic E-state index is 0.125. The van der Waals surface area contributed by atoms with E-state index < -0.39 is 0 Å². The fourth-order valence-corrected chi connectivity index (χ4v) is 2.29. The maximum atomic E-state index is 5.68. The third kappa shape index (κ3) is 2.73. The van der Waals surface area contributed by atoms with Crippen LogP contribution in [0.4, 0.5) is 0 Å². The molecule has 3 heteroatoms. The van der Waals surface area contributed by atoms with Crippen molar-refractivity contribution in [2.24, 2.45) is 0 Å². The van der Waals surface area contributed by atoms with Gasteiger partial charge in [0.15, 0.2) is 0 Å². The summed E-state index contributed by atoms with van der Waals surface area (Å²) in [4.78, 5) is 1.28. The van der Waals surface area contributed by atoms with E-state index in [9.17, 15) is 0 Å². The Morgan fingerprint density at radius 3 is 2.29 bits per heavy atom. The summed E-state index contributed by atoms with van der Waals surface area (Å²) in [7, 11) is 1.95. The Bertz CT molecular complexity index is 475. The lowest BCUT2D eigenvalue weighted by atomic mass is 10.1. The van der Waals surface area contributed by atoms with E-state index in [1.807, 2.05) is 26.1 Å². The van der Waals surface area contributed by atoms with Crippen LogP contribution in [0.15, 0.2) is 45.7 Å². The Kier molecular flexibility index (Phi) is 3.92. The van der Waals surface area contributed by atoms with Crippen molar-refractivity contribution < 1.29 is 4.42 Å². The van der Waals surface area contributed by atoms with Crippen LogP contribution in [0.25, 0.3) is 0 Å². The van der Waals surface area contributed by atoms with Crippen LogP contribution < -0.4 is 5.32 Å². The molecule has 90 valence electrons. The molecular weight excluding hydrogens is 230 g/mol. The highest BCUT2D eigenvalue weighted by Gasteiger charge is 2.15. The molecule has 0 bridgehead atoms. The van der Waals surface area contributed by atoms with E-state index in [-0.39, 0.29) is 6.04 Å². The minimum absolute atomic E-state index is 0.125. The maximum absolute atomic E-state index is 5.68. The highest BCUT2D eigenvalue weighted by Crippen LogP contribution is 2.25. The van der Waals surface area contributed by atoms with Crippen molar-refractivity contribution in [1.29, 1.82) is 0 Å². The summed E-state index contributed by atoms with van der Waals surface area (Å²) >= 11 is 1.75. The van der Waals surface area contributed by atoms with Crippen molar-refractivity contribution in [3.63, 3.8) is 0 Å². The molecule has 0 fully saturated rings. The first-order chi connectivity index (χ1) is 8.24. The van der Waals surface area contributed by atoms with Crippen LogP contribution >= 0.6 is 11.8 Å². The Morgan fingerprint density at radius 2 is 1.82 bits per heavy atom. The van der Waals surface area contributed by atoms with Gasteiger partial charge in [-0.2, -0.15) is 0 Å². The SMILES string of the molecule is CNC(c1ccc(SC)cc1)c1ccc(C)o1. The van der Waals surface area contributed by atoms with E-state index in [4.69, 9.17) is 4.42 Å². The predicted octanol–water partition coefficient (Wildman–Crippen LogP) is 3.62. The van der Waals surface area contributed by atoms with E-state index in [0.29, 0.717) is 0 Å². The molecule has 0 spiro atoms. The summed E-state index contributed by atoms with van der Waals surface area (Å²) < 4.78 is 5.68. The number of rotatable bonds is 4. The van der Waals surface area contributed by atoms with Crippen molar-refractivity contribution in [3.05, 3.63) is 53.5 Å². The second kappa shape index (κ2) is 5.43. The predicted molar refractivity (Wildman–Crippen MR) is 72.6 cm³/mol. The van der Waals surface area contributed by atoms with Gasteiger partial charge in [-0.25, -0.2) is 0 Å². The molecule has 2 nitrogen and oxygen atoms in total. The molecule has 17 heavy (non-hydrogen) atoms. The summed E-state index contributed by atoms with van der Waals surface area (Å²) in [5.74, 6) is 1.91. The number of furan rings is 1. The molecule has 0 radical (unpaired) electrons. The van der Waals surface area contributed by atoms with E-state index in [1.54, 1.807) is 11.8 Å². The van der Waals surface area contributed by atoms with E-state index >= 15 is 0 Å². The molecule has 2 aromatic rings. The number of hydrogen-bond acceptors (Lipinski definition) is 3. The van der Waals surface area contributed by atoms with Gasteiger partial charge in [0, 0.05) is 4.90 Å². The molecule has 1 atom stereocenters. The molecule has 0 amide bonds. The third-order valence-electron chi connectivity index (χ3n) is 2.78. The van der Waals surface area contributed by atoms with Gasteiger partial charge in [0.25, 0.3) is 0 Å². The van der Waals surface area contributed by atoms with Crippen LogP contribution in [0.2, 0.25) is 0 Å². The van der Waals surface area contributed by atoms with Gasteiger partial charge in [-0.05, 0) is 50.1 Å². The van der Waals surface area contributed by atoms with Gasteiger partial charge in [0.1, 0.15) is 11.5 Å². The van der Waals surface area contributed by atoms with E-state index in [2.05, 4.69) is 35.8 Å². The summed E-state index contributed by atoms with van der Waals surface area (Å²) in [5, 5.41) is 3.28. The standard InChI is InChI=1S/C14H17NOS/c1-10-4-9-13(16-10)14(15-2)11-5-7-12(17-3)8-6-11/h4-9,14-15H,1-3H3. The van der Waals surface area contributed by atoms with Gasteiger partial charge in [-0.1, -0.05) is 12.1 Å². The smallest absolute Gasteiger partial charge is 0.125 e. The van der Waals surface area contributed by atoms with Crippen molar-refractivity contribution in [2.75, 3.05) is 13.3 Å². The van der Waals surface area contributed by atoms with Crippen LogP contribution in [-0.4, -0.2) is 13.3 Å². The molecule has 0 saturated carbocycles. The number of nitrogens with one attached hydrogen (secondary N) is 1. The second-order valence-corrected chi connectivity index (χ2v) is 4.82. The topological polar surface area (TPSA) is 25.2 Å². The first-order valence-electron chi connectivity index (χ1n) is 5.62. The summed E-state index contributed by atoms with van der Waals surface area (Å²) in [6.45, 7) is 1.97. The van der Waals surface area contributed by atoms with Gasteiger partial charge in [-0.15, -0.1) is 11.8 Å². The normalized spacial score (nSPS) is 12.6. The highest BCUT2D eigenvalue weighted by atomic mass is 32.2. The van der Waals surface area contributed by atoms with Crippen LogP contribution in [0.1, 0.15) is 23.1 Å². The quantitative estimate of drug-likeness (QED) is 0.835. The molecule has 0 aliphatic heterocycles. The molecule has 0 aliphatic carbocycles. The fourth-order valence-electron chi connectivity index (χ4n) is 1.88. The average molecular weight is 247 g/mol. The van der Waals surface area contributed by atoms with Crippen LogP contribution in [-0.2, 0) is 0 Å². The number of aryl methyl sites for hydroxylation is 1. The molecule has 2 rings (SSSR count). The lowest BCUT2D eigenvalue weighted by molar-refractivity contribution is 0.444. The summed E-state index contributed by atoms with van der Waals surface area (Å²) in [6, 6.07) is 12.7. The number of thioether (sulfide) groups is 1. The van der Waals surface area contributed by atoms with Crippen molar-refractivity contribution in [3.8, 4) is 0 Å². The van der Waals surface area contributed by atoms with Crippen LogP contribution in [0, 0.1) is 6.92 Å². The molecule has 1 aromatic carbocycles. The first kappa shape index (κ1) is 12.3. The van der Waals surface area contributed by atoms with Crippen LogP contribution in [0.3, 0.4) is 0 Å². The molecule has 0 aliphatic rings. The Morgan fingerprint density at radius 1 is 1.12 bits per heavy atom. The molecule has 0 saturated heterocycles. The van der Waals surface area contributed by atoms with Gasteiger partial charge in [0.2, 0.25) is 0 Å². The van der Waals surface area contributed by atoms with Crippen LogP contribution in [0.5, 0.6) is 0 Å². The van der Waals surface area contributed by atoms with Gasteiger partial charge in [-0.3, -0.25) is 0 Å². The third-order valence-corrected chi connectivity index (χ3v) is 3.53. The zero-order valence-electron chi connectivity index (χ0n) is 10.4. The van der Waals surface area contributed by atoms with Crippen molar-refractivity contribution >= 4 is 11.8 Å². The Labute approximate surface area is 106 Å². The van der Waals surface area contributed by atoms with Gasteiger partial charge in [0.05, 0.1) is 6.04 Å². The van der Waals surface area contributed by atoms with E-state index in [0.717, 1.165) is 11.5 Å². The van der Waals surface area contributed by atoms with Gasteiger partial charge >= 0.3 is 0 Å². The molecule has 1 unspecified atom stereocenters. The number of benzene rings is 1. The fraction of sp³-hybridized carbons (Fsp3) is 0.286. The zero-order valence-corrected chi connectivity index (χ0v) is 11.2. The monoisotopic (exact) mass is 247 g/mol. The summed E-state index contributed by atoms with van der Waals surface area (Å²) in [5.41, 5.74) is 1.22. The van der Waals surface area contributed by atoms with E-state index in [1.165, 1.54) is 10.5 Å². The highest BCUT2D eigenvalue weighted by molar-refractivity contribution is 7.98. The largest absolute Gasteiger partial charge is 0.464 e. The Hall–Kier alpha value is -1.19. The van der Waals surface area contributed by atoms with Crippen molar-refractivity contribution in [1.82, 2.24) is 5.32 Å². The van der Waals surface area contributed by atoms with Crippen molar-refractivity contribution in [2.45, 2.75) is 17.9 Å². The summed E-state index contributed by atoms with van der Waals surface area (Å²) in [6.07, 6.45) is 2.08. The number of hydrogen-bond donors (Lipinski definition) is 1.